The van der Waals surface area contributed by atoms with Crippen LogP contribution in [0.4, 0.5) is 4.79 Å². The van der Waals surface area contributed by atoms with Gasteiger partial charge in [-0.05, 0) is 55.4 Å². The van der Waals surface area contributed by atoms with Crippen molar-refractivity contribution in [2.45, 2.75) is 95.5 Å². The number of aliphatic hydroxyl groups excluding tert-OH is 1. The second-order valence-electron chi connectivity index (χ2n) is 14.3. The summed E-state index contributed by atoms with van der Waals surface area (Å²) in [7, 11) is -3.36. The molecule has 0 aliphatic carbocycles. The number of pyridine rings is 1. The summed E-state index contributed by atoms with van der Waals surface area (Å²) in [5.74, 6) is -0.313. The molecule has 3 N–H and O–H groups in total. The number of nitrogens with one attached hydrogen (secondary N) is 2. The van der Waals surface area contributed by atoms with Gasteiger partial charge in [0.05, 0.1) is 23.4 Å². The number of para-hydroxylation sites is 1. The average molecular weight is 708 g/mol. The Kier molecular flexibility index (Phi) is 12.9. The van der Waals surface area contributed by atoms with Crippen molar-refractivity contribution in [3.8, 4) is 0 Å². The second kappa shape index (κ2) is 17.1. The number of hydrogen-bond donors (Lipinski definition) is 3. The van der Waals surface area contributed by atoms with Crippen LogP contribution in [0.3, 0.4) is 0 Å². The highest BCUT2D eigenvalue weighted by Crippen LogP contribution is 2.29. The minimum atomic E-state index is -3.36. The molecule has 12 heteroatoms. The van der Waals surface area contributed by atoms with Gasteiger partial charge in [-0.25, -0.2) is 13.2 Å². The van der Waals surface area contributed by atoms with E-state index < -0.39 is 45.5 Å². The number of sulfone groups is 1. The number of alkyl carbamates (subject to hydrolysis) is 1. The number of β-amino-alcohol motifs (C(OH)–C–C–N with tert-alkyl or cyclic N) is 1. The molecule has 272 valence electrons. The third-order valence-corrected chi connectivity index (χ3v) is 12.4. The van der Waals surface area contributed by atoms with Crippen LogP contribution in [0.25, 0.3) is 10.9 Å². The van der Waals surface area contributed by atoms with Gasteiger partial charge < -0.3 is 20.5 Å². The summed E-state index contributed by atoms with van der Waals surface area (Å²) in [5.41, 5.74) is 2.92. The van der Waals surface area contributed by atoms with Crippen LogP contribution in [0.1, 0.15) is 58.1 Å². The van der Waals surface area contributed by atoms with Gasteiger partial charge in [0, 0.05) is 50.3 Å². The Morgan fingerprint density at radius 1 is 1.02 bits per heavy atom. The van der Waals surface area contributed by atoms with Crippen LogP contribution in [-0.4, -0.2) is 108 Å². The Morgan fingerprint density at radius 3 is 2.50 bits per heavy atom. The van der Waals surface area contributed by atoms with Crippen molar-refractivity contribution in [2.24, 2.45) is 5.92 Å². The van der Waals surface area contributed by atoms with Gasteiger partial charge in [0.25, 0.3) is 0 Å². The lowest BCUT2D eigenvalue weighted by atomic mass is 9.99. The number of carbonyl (C=O) groups is 2. The molecule has 2 fully saturated rings. The smallest absolute Gasteiger partial charge is 0.407 e. The Balaban J connectivity index is 1.31. The molecule has 1 unspecified atom stereocenters. The summed E-state index contributed by atoms with van der Waals surface area (Å²) in [6.07, 6.45) is 1.72. The molecular formula is C38H53N5O6S. The predicted molar refractivity (Wildman–Crippen MR) is 195 cm³/mol. The molecule has 2 aliphatic heterocycles. The number of piperazine rings is 1. The average Bonchev–Trinajstić information content (AvgIpc) is 3.38. The number of fused-ring (bicyclic) bond motifs is 1. The molecule has 50 heavy (non-hydrogen) atoms. The number of carbonyl (C=O) groups excluding carboxylic acids is 2. The van der Waals surface area contributed by atoms with Crippen LogP contribution in [0.5, 0.6) is 0 Å². The van der Waals surface area contributed by atoms with Crippen LogP contribution in [0.2, 0.25) is 0 Å². The number of hydrogen-bond acceptors (Lipinski definition) is 9. The molecule has 5 rings (SSSR count). The largest absolute Gasteiger partial charge is 0.445 e. The molecular weight excluding hydrogens is 655 g/mol. The van der Waals surface area contributed by atoms with E-state index in [0.717, 1.165) is 34.9 Å². The minimum Gasteiger partial charge on any atom is -0.445 e. The third-order valence-electron chi connectivity index (χ3n) is 9.91. The summed E-state index contributed by atoms with van der Waals surface area (Å²) < 4.78 is 31.0. The summed E-state index contributed by atoms with van der Waals surface area (Å²) in [5, 5.41) is 18.1. The third kappa shape index (κ3) is 9.80. The van der Waals surface area contributed by atoms with Crippen LogP contribution < -0.4 is 10.6 Å². The van der Waals surface area contributed by atoms with Gasteiger partial charge in [-0.1, -0.05) is 75.7 Å². The number of aliphatic hydroxyl groups is 1. The van der Waals surface area contributed by atoms with Crippen molar-refractivity contribution in [3.05, 3.63) is 78.0 Å². The molecule has 0 radical (unpaired) electrons. The Bertz CT molecular complexity index is 1690. The van der Waals surface area contributed by atoms with Gasteiger partial charge in [0.15, 0.2) is 9.84 Å². The van der Waals surface area contributed by atoms with E-state index in [1.54, 1.807) is 0 Å². The van der Waals surface area contributed by atoms with Crippen LogP contribution >= 0.6 is 0 Å². The lowest BCUT2D eigenvalue weighted by Crippen LogP contribution is -2.62. The van der Waals surface area contributed by atoms with Crippen molar-refractivity contribution in [1.29, 1.82) is 0 Å². The Hall–Kier alpha value is -3.58. The van der Waals surface area contributed by atoms with E-state index in [0.29, 0.717) is 32.6 Å². The SMILES string of the molecule is CCCC(C)NC(=O)[C@@H]1CN(Cc2cnc3ccccc3c2)CCN1C[C@@H](O)[C@H](Cc1ccccc1)NC(=O)O[C@@H]1CCS(=O)(=O)[C@@H]1C(C)C. The van der Waals surface area contributed by atoms with Crippen molar-refractivity contribution in [1.82, 2.24) is 25.4 Å². The maximum absolute atomic E-state index is 13.8. The van der Waals surface area contributed by atoms with E-state index in [4.69, 9.17) is 4.74 Å². The summed E-state index contributed by atoms with van der Waals surface area (Å²) >= 11 is 0. The van der Waals surface area contributed by atoms with E-state index in [1.807, 2.05) is 86.5 Å². The van der Waals surface area contributed by atoms with Crippen LogP contribution in [-0.2, 0) is 32.3 Å². The van der Waals surface area contributed by atoms with Gasteiger partial charge in [-0.15, -0.1) is 0 Å². The zero-order valence-corrected chi connectivity index (χ0v) is 30.5. The molecule has 0 bridgehead atoms. The first kappa shape index (κ1) is 37.7. The first-order valence-electron chi connectivity index (χ1n) is 17.9. The zero-order chi connectivity index (χ0) is 35.8. The number of benzene rings is 2. The first-order valence-corrected chi connectivity index (χ1v) is 19.7. The Morgan fingerprint density at radius 2 is 1.76 bits per heavy atom. The van der Waals surface area contributed by atoms with Gasteiger partial charge in [-0.2, -0.15) is 0 Å². The standard InChI is InChI=1S/C38H53N5O6S/c1-5-11-27(4)40-37(45)33-24-42(23-29-20-30-14-9-10-15-31(30)39-22-29)17-18-43(33)25-34(44)32(21-28-12-7-6-8-13-28)41-38(46)49-35-16-19-50(47,48)36(35)26(2)3/h6-10,12-15,20,22,26-27,32-36,44H,5,11,16-19,21,23-25H2,1-4H3,(H,40,45)(H,41,46)/t27?,32-,33-,34+,35+,36+/m0/s1. The summed E-state index contributed by atoms with van der Waals surface area (Å²) in [6.45, 7) is 10.2. The fraction of sp³-hybridized carbons (Fsp3) is 0.553. The maximum Gasteiger partial charge on any atom is 0.407 e. The summed E-state index contributed by atoms with van der Waals surface area (Å²) in [6, 6.07) is 18.4. The lowest BCUT2D eigenvalue weighted by Gasteiger charge is -2.42. The fourth-order valence-electron chi connectivity index (χ4n) is 7.42. The van der Waals surface area contributed by atoms with Crippen molar-refractivity contribution >= 4 is 32.7 Å². The minimum absolute atomic E-state index is 0.00988. The zero-order valence-electron chi connectivity index (χ0n) is 29.7. The molecule has 6 atom stereocenters. The number of rotatable bonds is 14. The lowest BCUT2D eigenvalue weighted by molar-refractivity contribution is -0.130. The predicted octanol–water partition coefficient (Wildman–Crippen LogP) is 3.94. The highest BCUT2D eigenvalue weighted by atomic mass is 32.2. The van der Waals surface area contributed by atoms with Crippen LogP contribution in [0.15, 0.2) is 66.9 Å². The number of ether oxygens (including phenoxy) is 1. The molecule has 2 amide bonds. The second-order valence-corrected chi connectivity index (χ2v) is 16.6. The van der Waals surface area contributed by atoms with Crippen molar-refractivity contribution < 1.29 is 27.9 Å². The highest BCUT2D eigenvalue weighted by Gasteiger charge is 2.45. The number of nitrogens with zero attached hydrogens (tertiary/aromatic N) is 3. The number of aromatic nitrogens is 1. The quantitative estimate of drug-likeness (QED) is 0.227. The van der Waals surface area contributed by atoms with Gasteiger partial charge in [0.2, 0.25) is 5.91 Å². The molecule has 3 heterocycles. The molecule has 1 aromatic heterocycles. The van der Waals surface area contributed by atoms with E-state index in [9.17, 15) is 23.1 Å². The molecule has 11 nitrogen and oxygen atoms in total. The van der Waals surface area contributed by atoms with E-state index in [2.05, 4.69) is 33.5 Å². The molecule has 2 saturated heterocycles. The molecule has 0 spiro atoms. The van der Waals surface area contributed by atoms with Gasteiger partial charge >= 0.3 is 6.09 Å². The van der Waals surface area contributed by atoms with Gasteiger partial charge in [0.1, 0.15) is 17.4 Å². The molecule has 2 aliphatic rings. The van der Waals surface area contributed by atoms with Crippen LogP contribution in [0, 0.1) is 5.92 Å². The van der Waals surface area contributed by atoms with E-state index >= 15 is 0 Å². The van der Waals surface area contributed by atoms with E-state index in [-0.39, 0.29) is 36.6 Å². The van der Waals surface area contributed by atoms with Crippen molar-refractivity contribution in [3.63, 3.8) is 0 Å². The van der Waals surface area contributed by atoms with Crippen molar-refractivity contribution in [2.75, 3.05) is 31.9 Å². The monoisotopic (exact) mass is 707 g/mol. The normalized spacial score (nSPS) is 23.0. The summed E-state index contributed by atoms with van der Waals surface area (Å²) in [4.78, 5) is 36.0. The number of amides is 2. The topological polar surface area (TPSA) is 141 Å². The Labute approximate surface area is 296 Å². The highest BCUT2D eigenvalue weighted by molar-refractivity contribution is 7.92. The molecule has 3 aromatic rings. The van der Waals surface area contributed by atoms with Gasteiger partial charge in [-0.3, -0.25) is 19.6 Å². The first-order chi connectivity index (χ1) is 23.9. The maximum atomic E-state index is 13.8. The molecule has 2 aromatic carbocycles. The molecule has 0 saturated carbocycles. The van der Waals surface area contributed by atoms with E-state index in [1.165, 1.54) is 0 Å². The fourth-order valence-corrected chi connectivity index (χ4v) is 9.73.